The van der Waals surface area contributed by atoms with E-state index in [0.717, 1.165) is 5.56 Å². The quantitative estimate of drug-likeness (QED) is 0.848. The zero-order chi connectivity index (χ0) is 14.5. The van der Waals surface area contributed by atoms with Gasteiger partial charge in [0, 0.05) is 24.8 Å². The number of rotatable bonds is 4. The summed E-state index contributed by atoms with van der Waals surface area (Å²) < 4.78 is 29.2. The summed E-state index contributed by atoms with van der Waals surface area (Å²) in [4.78, 5) is 11.9. The van der Waals surface area contributed by atoms with Crippen LogP contribution in [0.3, 0.4) is 0 Å². The molecule has 0 saturated heterocycles. The average molecular weight is 277 g/mol. The van der Waals surface area contributed by atoms with Gasteiger partial charge in [-0.05, 0) is 24.1 Å². The molecular weight excluding hydrogens is 264 g/mol. The zero-order valence-corrected chi connectivity index (χ0v) is 10.7. The highest BCUT2D eigenvalue weighted by Gasteiger charge is 2.23. The van der Waals surface area contributed by atoms with E-state index in [1.54, 1.807) is 24.3 Å². The van der Waals surface area contributed by atoms with E-state index in [4.69, 9.17) is 5.26 Å². The van der Waals surface area contributed by atoms with Gasteiger partial charge in [-0.25, -0.2) is 0 Å². The van der Waals surface area contributed by atoms with Gasteiger partial charge >= 0.3 is 6.61 Å². The second-order valence-electron chi connectivity index (χ2n) is 4.54. The normalized spacial score (nSPS) is 15.4. The molecule has 0 unspecified atom stereocenters. The van der Waals surface area contributed by atoms with Crippen molar-refractivity contribution in [3.8, 4) is 6.07 Å². The Morgan fingerprint density at radius 1 is 1.25 bits per heavy atom. The molecule has 0 N–H and O–H groups in total. The Labute approximate surface area is 115 Å². The van der Waals surface area contributed by atoms with Gasteiger partial charge < -0.3 is 4.74 Å². The van der Waals surface area contributed by atoms with Gasteiger partial charge in [-0.15, -0.1) is 0 Å². The number of allylic oxidation sites excluding steroid dienone is 2. The number of alkyl halides is 2. The predicted molar refractivity (Wildman–Crippen MR) is 67.8 cm³/mol. The van der Waals surface area contributed by atoms with Crippen molar-refractivity contribution in [2.45, 2.75) is 32.3 Å². The molecule has 1 aromatic rings. The van der Waals surface area contributed by atoms with Gasteiger partial charge in [-0.3, -0.25) is 4.79 Å². The van der Waals surface area contributed by atoms with Crippen LogP contribution in [0.15, 0.2) is 35.6 Å². The molecule has 0 radical (unpaired) electrons. The average Bonchev–Trinajstić information content (AvgIpc) is 2.43. The van der Waals surface area contributed by atoms with Crippen LogP contribution in [0, 0.1) is 11.3 Å². The first-order valence-corrected chi connectivity index (χ1v) is 6.29. The number of hydrogen-bond acceptors (Lipinski definition) is 3. The van der Waals surface area contributed by atoms with Gasteiger partial charge in [-0.1, -0.05) is 12.1 Å². The Morgan fingerprint density at radius 2 is 1.95 bits per heavy atom. The van der Waals surface area contributed by atoms with Gasteiger partial charge in [0.15, 0.2) is 5.78 Å². The smallest absolute Gasteiger partial charge is 0.387 e. The van der Waals surface area contributed by atoms with Gasteiger partial charge in [0.05, 0.1) is 11.6 Å². The molecule has 0 bridgehead atoms. The lowest BCUT2D eigenvalue weighted by atomic mass is 9.91. The molecule has 0 aromatic heterocycles. The molecule has 1 aliphatic rings. The van der Waals surface area contributed by atoms with Crippen LogP contribution in [-0.2, 0) is 16.0 Å². The number of nitriles is 1. The van der Waals surface area contributed by atoms with E-state index in [9.17, 15) is 13.6 Å². The fourth-order valence-electron chi connectivity index (χ4n) is 2.20. The highest BCUT2D eigenvalue weighted by molar-refractivity contribution is 5.97. The molecule has 0 aliphatic heterocycles. The summed E-state index contributed by atoms with van der Waals surface area (Å²) in [5.74, 6) is -0.0446. The zero-order valence-electron chi connectivity index (χ0n) is 10.7. The maximum atomic E-state index is 12.4. The molecule has 1 aliphatic carbocycles. The van der Waals surface area contributed by atoms with E-state index in [2.05, 4.69) is 4.74 Å². The molecule has 2 rings (SSSR count). The fourth-order valence-corrected chi connectivity index (χ4v) is 2.20. The van der Waals surface area contributed by atoms with Crippen LogP contribution < -0.4 is 0 Å². The summed E-state index contributed by atoms with van der Waals surface area (Å²) in [6, 6.07) is 8.70. The molecule has 0 heterocycles. The van der Waals surface area contributed by atoms with Crippen molar-refractivity contribution in [1.82, 2.24) is 0 Å². The topological polar surface area (TPSA) is 50.1 Å². The monoisotopic (exact) mass is 277 g/mol. The third-order valence-corrected chi connectivity index (χ3v) is 3.18. The molecule has 0 amide bonds. The molecule has 3 nitrogen and oxygen atoms in total. The predicted octanol–water partition coefficient (Wildman–Crippen LogP) is 3.35. The number of ketones is 1. The SMILES string of the molecule is N#Cc1ccc(CC2=C(OC(F)F)CCCC2=O)cc1. The fraction of sp³-hybridized carbons (Fsp3) is 0.333. The number of ether oxygens (including phenoxy) is 1. The molecule has 104 valence electrons. The summed E-state index contributed by atoms with van der Waals surface area (Å²) in [5, 5.41) is 8.72. The third kappa shape index (κ3) is 3.41. The molecule has 0 spiro atoms. The largest absolute Gasteiger partial charge is 0.439 e. The molecule has 0 saturated carbocycles. The minimum absolute atomic E-state index is 0.0978. The standard InChI is InChI=1S/C15H13F2NO2/c16-15(17)20-14-3-1-2-13(19)12(14)8-10-4-6-11(9-18)7-5-10/h4-7,15H,1-3,8H2. The van der Waals surface area contributed by atoms with E-state index in [-0.39, 0.29) is 18.0 Å². The van der Waals surface area contributed by atoms with E-state index >= 15 is 0 Å². The first-order valence-electron chi connectivity index (χ1n) is 6.29. The molecule has 20 heavy (non-hydrogen) atoms. The highest BCUT2D eigenvalue weighted by atomic mass is 19.3. The van der Waals surface area contributed by atoms with Crippen LogP contribution >= 0.6 is 0 Å². The Kier molecular flexibility index (Phi) is 4.46. The van der Waals surface area contributed by atoms with Gasteiger partial charge in [-0.2, -0.15) is 14.0 Å². The van der Waals surface area contributed by atoms with Crippen molar-refractivity contribution in [3.63, 3.8) is 0 Å². The molecule has 0 fully saturated rings. The first-order chi connectivity index (χ1) is 9.60. The van der Waals surface area contributed by atoms with Crippen LogP contribution in [0.2, 0.25) is 0 Å². The maximum absolute atomic E-state index is 12.4. The Bertz CT molecular complexity index is 571. The van der Waals surface area contributed by atoms with Crippen LogP contribution in [0.5, 0.6) is 0 Å². The number of carbonyl (C=O) groups is 1. The Hall–Kier alpha value is -2.22. The van der Waals surface area contributed by atoms with Gasteiger partial charge in [0.2, 0.25) is 0 Å². The van der Waals surface area contributed by atoms with Gasteiger partial charge in [0.25, 0.3) is 0 Å². The number of Topliss-reactive ketones (excluding diaryl/α,β-unsaturated/α-hetero) is 1. The van der Waals surface area contributed by atoms with E-state index in [0.29, 0.717) is 30.4 Å². The molecule has 0 atom stereocenters. The Morgan fingerprint density at radius 3 is 2.55 bits per heavy atom. The first kappa shape index (κ1) is 14.2. The lowest BCUT2D eigenvalue weighted by Crippen LogP contribution is -2.17. The van der Waals surface area contributed by atoms with Crippen molar-refractivity contribution < 1.29 is 18.3 Å². The third-order valence-electron chi connectivity index (χ3n) is 3.18. The van der Waals surface area contributed by atoms with Crippen molar-refractivity contribution in [2.24, 2.45) is 0 Å². The van der Waals surface area contributed by atoms with E-state index in [1.807, 2.05) is 6.07 Å². The number of nitrogens with zero attached hydrogens (tertiary/aromatic N) is 1. The van der Waals surface area contributed by atoms with E-state index < -0.39 is 6.61 Å². The van der Waals surface area contributed by atoms with E-state index in [1.165, 1.54) is 0 Å². The van der Waals surface area contributed by atoms with Crippen molar-refractivity contribution >= 4 is 5.78 Å². The highest BCUT2D eigenvalue weighted by Crippen LogP contribution is 2.27. The molecular formula is C15H13F2NO2. The lowest BCUT2D eigenvalue weighted by molar-refractivity contribution is -0.119. The summed E-state index contributed by atoms with van der Waals surface area (Å²) >= 11 is 0. The summed E-state index contributed by atoms with van der Waals surface area (Å²) in [5.41, 5.74) is 1.63. The number of hydrogen-bond donors (Lipinski definition) is 0. The van der Waals surface area contributed by atoms with Crippen LogP contribution in [-0.4, -0.2) is 12.4 Å². The molecule has 1 aromatic carbocycles. The summed E-state index contributed by atoms with van der Waals surface area (Å²) in [6.07, 6.45) is 1.52. The van der Waals surface area contributed by atoms with Crippen LogP contribution in [0.25, 0.3) is 0 Å². The second kappa shape index (κ2) is 6.29. The summed E-state index contributed by atoms with van der Waals surface area (Å²) in [7, 11) is 0. The minimum Gasteiger partial charge on any atom is -0.439 e. The maximum Gasteiger partial charge on any atom is 0.387 e. The second-order valence-corrected chi connectivity index (χ2v) is 4.54. The number of halogens is 2. The Balaban J connectivity index is 2.23. The molecule has 5 heteroatoms. The van der Waals surface area contributed by atoms with Crippen molar-refractivity contribution in [1.29, 1.82) is 5.26 Å². The van der Waals surface area contributed by atoms with Crippen molar-refractivity contribution in [3.05, 3.63) is 46.7 Å². The lowest BCUT2D eigenvalue weighted by Gasteiger charge is -2.19. The van der Waals surface area contributed by atoms with Crippen LogP contribution in [0.4, 0.5) is 8.78 Å². The number of carbonyl (C=O) groups excluding carboxylic acids is 1. The van der Waals surface area contributed by atoms with Crippen LogP contribution in [0.1, 0.15) is 30.4 Å². The van der Waals surface area contributed by atoms with Gasteiger partial charge in [0.1, 0.15) is 5.76 Å². The van der Waals surface area contributed by atoms with Crippen molar-refractivity contribution in [2.75, 3.05) is 0 Å². The number of benzene rings is 1. The summed E-state index contributed by atoms with van der Waals surface area (Å²) in [6.45, 7) is -2.91. The minimum atomic E-state index is -2.91.